The number of hydrogen-bond acceptors (Lipinski definition) is 2. The molecule has 0 aromatic rings. The maximum Gasteiger partial charge on any atom is 0.303 e. The van der Waals surface area contributed by atoms with E-state index in [0.29, 0.717) is 12.8 Å². The molecule has 0 amide bonds. The van der Waals surface area contributed by atoms with E-state index in [1.54, 1.807) is 0 Å². The van der Waals surface area contributed by atoms with E-state index in [0.717, 1.165) is 6.42 Å². The molecule has 14 heavy (non-hydrogen) atoms. The fourth-order valence-electron chi connectivity index (χ4n) is 2.05. The molecule has 1 fully saturated rings. The second-order valence-electron chi connectivity index (χ2n) is 3.87. The van der Waals surface area contributed by atoms with E-state index >= 15 is 0 Å². The number of carbonyl (C=O) groups is 2. The summed E-state index contributed by atoms with van der Waals surface area (Å²) in [6.07, 6.45) is 5.93. The smallest absolute Gasteiger partial charge is 0.303 e. The van der Waals surface area contributed by atoms with E-state index in [2.05, 4.69) is 0 Å². The lowest BCUT2D eigenvalue weighted by Gasteiger charge is -2.14. The molecular formula is C11H16O3. The van der Waals surface area contributed by atoms with Gasteiger partial charge in [0, 0.05) is 19.3 Å². The molecule has 0 unspecified atom stereocenters. The minimum absolute atomic E-state index is 0.0520. The number of aliphatic carboxylic acids is 1. The number of hydrogen-bond donors (Lipinski definition) is 1. The molecule has 0 saturated heterocycles. The van der Waals surface area contributed by atoms with Crippen LogP contribution in [0.25, 0.3) is 0 Å². The number of carboxylic acid groups (broad SMARTS) is 1. The van der Waals surface area contributed by atoms with Crippen LogP contribution in [0, 0.1) is 11.8 Å². The van der Waals surface area contributed by atoms with Crippen LogP contribution in [0.4, 0.5) is 0 Å². The van der Waals surface area contributed by atoms with Crippen LogP contribution in [-0.2, 0) is 9.59 Å². The van der Waals surface area contributed by atoms with Gasteiger partial charge in [-0.25, -0.2) is 0 Å². The van der Waals surface area contributed by atoms with Crippen molar-refractivity contribution in [3.05, 3.63) is 12.2 Å². The van der Waals surface area contributed by atoms with Crippen molar-refractivity contribution < 1.29 is 14.7 Å². The van der Waals surface area contributed by atoms with Crippen LogP contribution in [0.2, 0.25) is 0 Å². The van der Waals surface area contributed by atoms with Crippen molar-refractivity contribution in [2.24, 2.45) is 11.8 Å². The van der Waals surface area contributed by atoms with Crippen molar-refractivity contribution in [2.45, 2.75) is 32.6 Å². The van der Waals surface area contributed by atoms with Gasteiger partial charge in [0.2, 0.25) is 0 Å². The van der Waals surface area contributed by atoms with Crippen molar-refractivity contribution in [3.8, 4) is 0 Å². The molecule has 1 N–H and O–H groups in total. The Hall–Kier alpha value is -1.12. The third kappa shape index (κ3) is 2.98. The number of carboxylic acids is 1. The predicted molar refractivity (Wildman–Crippen MR) is 52.9 cm³/mol. The number of rotatable bonds is 4. The maximum absolute atomic E-state index is 11.2. The molecule has 3 nitrogen and oxygen atoms in total. The third-order valence-corrected chi connectivity index (χ3v) is 2.76. The van der Waals surface area contributed by atoms with Crippen molar-refractivity contribution >= 4 is 11.8 Å². The second kappa shape index (κ2) is 4.94. The summed E-state index contributed by atoms with van der Waals surface area (Å²) in [4.78, 5) is 21.7. The summed E-state index contributed by atoms with van der Waals surface area (Å²) >= 11 is 0. The topological polar surface area (TPSA) is 54.4 Å². The highest BCUT2D eigenvalue weighted by atomic mass is 16.4. The largest absolute Gasteiger partial charge is 0.481 e. The molecule has 0 aliphatic heterocycles. The van der Waals surface area contributed by atoms with Crippen LogP contribution in [0.5, 0.6) is 0 Å². The maximum atomic E-state index is 11.2. The van der Waals surface area contributed by atoms with E-state index in [4.69, 9.17) is 5.11 Å². The van der Waals surface area contributed by atoms with E-state index in [1.807, 2.05) is 19.1 Å². The van der Waals surface area contributed by atoms with Crippen LogP contribution >= 0.6 is 0 Å². The second-order valence-corrected chi connectivity index (χ2v) is 3.87. The highest BCUT2D eigenvalue weighted by Gasteiger charge is 2.33. The van der Waals surface area contributed by atoms with Gasteiger partial charge in [-0.05, 0) is 25.2 Å². The molecule has 1 aliphatic carbocycles. The first-order valence-electron chi connectivity index (χ1n) is 4.98. The van der Waals surface area contributed by atoms with Gasteiger partial charge in [0.25, 0.3) is 0 Å². The van der Waals surface area contributed by atoms with E-state index in [1.165, 1.54) is 0 Å². The molecule has 1 saturated carbocycles. The Morgan fingerprint density at radius 2 is 2.14 bits per heavy atom. The normalized spacial score (nSPS) is 27.4. The zero-order chi connectivity index (χ0) is 10.6. The molecule has 0 aromatic carbocycles. The Kier molecular flexibility index (Phi) is 3.86. The fourth-order valence-corrected chi connectivity index (χ4v) is 2.05. The lowest BCUT2D eigenvalue weighted by molar-refractivity contribution is -0.138. The lowest BCUT2D eigenvalue weighted by Crippen LogP contribution is -2.12. The van der Waals surface area contributed by atoms with Crippen LogP contribution in [0.15, 0.2) is 12.2 Å². The molecule has 0 radical (unpaired) electrons. The zero-order valence-electron chi connectivity index (χ0n) is 8.40. The minimum atomic E-state index is -0.796. The monoisotopic (exact) mass is 196 g/mol. The predicted octanol–water partition coefficient (Wildman–Crippen LogP) is 2.02. The molecule has 0 spiro atoms. The van der Waals surface area contributed by atoms with Crippen molar-refractivity contribution in [3.63, 3.8) is 0 Å². The van der Waals surface area contributed by atoms with Crippen LogP contribution in [-0.4, -0.2) is 16.9 Å². The summed E-state index contributed by atoms with van der Waals surface area (Å²) in [5.74, 6) is -0.285. The minimum Gasteiger partial charge on any atom is -0.481 e. The first-order chi connectivity index (χ1) is 6.63. The molecule has 78 valence electrons. The van der Waals surface area contributed by atoms with Gasteiger partial charge in [0.05, 0.1) is 0 Å². The molecule has 1 aliphatic rings. The van der Waals surface area contributed by atoms with E-state index in [-0.39, 0.29) is 24.0 Å². The highest BCUT2D eigenvalue weighted by molar-refractivity contribution is 5.82. The van der Waals surface area contributed by atoms with Crippen LogP contribution < -0.4 is 0 Å². The van der Waals surface area contributed by atoms with Gasteiger partial charge in [-0.15, -0.1) is 0 Å². The first kappa shape index (κ1) is 11.0. The van der Waals surface area contributed by atoms with E-state index in [9.17, 15) is 9.59 Å². The first-order valence-corrected chi connectivity index (χ1v) is 4.98. The zero-order valence-corrected chi connectivity index (χ0v) is 8.40. The quantitative estimate of drug-likeness (QED) is 0.700. The van der Waals surface area contributed by atoms with Crippen molar-refractivity contribution in [1.82, 2.24) is 0 Å². The Labute approximate surface area is 83.8 Å². The SMILES string of the molecule is CC=CC[C@@H]1CC(=O)C[C@@H]1CC(=O)O. The van der Waals surface area contributed by atoms with Gasteiger partial charge in [-0.2, -0.15) is 0 Å². The van der Waals surface area contributed by atoms with Crippen molar-refractivity contribution in [1.29, 1.82) is 0 Å². The Bertz CT molecular complexity index is 255. The molecule has 0 bridgehead atoms. The molecular weight excluding hydrogens is 180 g/mol. The van der Waals surface area contributed by atoms with Gasteiger partial charge >= 0.3 is 5.97 Å². The van der Waals surface area contributed by atoms with Crippen LogP contribution in [0.1, 0.15) is 32.6 Å². The molecule has 0 heterocycles. The Morgan fingerprint density at radius 1 is 1.50 bits per heavy atom. The average Bonchev–Trinajstić information content (AvgIpc) is 2.41. The van der Waals surface area contributed by atoms with Gasteiger partial charge in [-0.3, -0.25) is 9.59 Å². The lowest BCUT2D eigenvalue weighted by atomic mass is 9.90. The highest BCUT2D eigenvalue weighted by Crippen LogP contribution is 2.34. The standard InChI is InChI=1S/C11H16O3/c1-2-3-4-8-5-10(12)6-9(8)7-11(13)14/h2-3,8-9H,4-7H2,1H3,(H,13,14)/t8-,9-/m1/s1. The summed E-state index contributed by atoms with van der Waals surface area (Å²) in [6, 6.07) is 0. The van der Waals surface area contributed by atoms with Gasteiger partial charge in [0.15, 0.2) is 0 Å². The number of allylic oxidation sites excluding steroid dienone is 2. The number of Topliss-reactive ketones (excluding diaryl/α,β-unsaturated/α-hetero) is 1. The number of carbonyl (C=O) groups excluding carboxylic acids is 1. The summed E-state index contributed by atoms with van der Waals surface area (Å²) in [5, 5.41) is 8.67. The molecule has 2 atom stereocenters. The summed E-state index contributed by atoms with van der Waals surface area (Å²) in [7, 11) is 0. The number of ketones is 1. The molecule has 3 heteroatoms. The average molecular weight is 196 g/mol. The summed E-state index contributed by atoms with van der Waals surface area (Å²) < 4.78 is 0. The summed E-state index contributed by atoms with van der Waals surface area (Å²) in [5.41, 5.74) is 0. The van der Waals surface area contributed by atoms with Gasteiger partial charge < -0.3 is 5.11 Å². The van der Waals surface area contributed by atoms with Gasteiger partial charge in [0.1, 0.15) is 5.78 Å². The molecule has 0 aromatic heterocycles. The Morgan fingerprint density at radius 3 is 2.71 bits per heavy atom. The Balaban J connectivity index is 2.53. The molecule has 1 rings (SSSR count). The fraction of sp³-hybridized carbons (Fsp3) is 0.636. The van der Waals surface area contributed by atoms with Crippen molar-refractivity contribution in [2.75, 3.05) is 0 Å². The van der Waals surface area contributed by atoms with Crippen LogP contribution in [0.3, 0.4) is 0 Å². The third-order valence-electron chi connectivity index (χ3n) is 2.76. The van der Waals surface area contributed by atoms with E-state index < -0.39 is 5.97 Å². The summed E-state index contributed by atoms with van der Waals surface area (Å²) in [6.45, 7) is 1.93. The van der Waals surface area contributed by atoms with Gasteiger partial charge in [-0.1, -0.05) is 12.2 Å².